The number of nitrogens with one attached hydrogen (secondary N) is 2. The second-order valence-corrected chi connectivity index (χ2v) is 6.08. The minimum Gasteiger partial charge on any atom is -0.356 e. The number of hydrogen-bond donors (Lipinski definition) is 2. The predicted octanol–water partition coefficient (Wildman–Crippen LogP) is 1.80. The summed E-state index contributed by atoms with van der Waals surface area (Å²) < 4.78 is 2.17. The van der Waals surface area contributed by atoms with E-state index in [2.05, 4.69) is 44.3 Å². The van der Waals surface area contributed by atoms with Gasteiger partial charge in [0, 0.05) is 39.1 Å². The number of hydrogen-bond acceptors (Lipinski definition) is 2. The van der Waals surface area contributed by atoms with Crippen LogP contribution in [0.4, 0.5) is 0 Å². The lowest BCUT2D eigenvalue weighted by molar-refractivity contribution is 0.478. The molecule has 0 atom stereocenters. The molecule has 0 unspecified atom stereocenters. The van der Waals surface area contributed by atoms with Crippen LogP contribution < -0.4 is 10.6 Å². The molecule has 0 spiro atoms. The summed E-state index contributed by atoms with van der Waals surface area (Å²) in [4.78, 5) is 4.27. The second kappa shape index (κ2) is 8.15. The Morgan fingerprint density at radius 3 is 2.68 bits per heavy atom. The molecule has 1 aliphatic rings. The van der Waals surface area contributed by atoms with Crippen LogP contribution in [0.5, 0.6) is 0 Å². The van der Waals surface area contributed by atoms with Crippen molar-refractivity contribution in [3.05, 3.63) is 24.5 Å². The van der Waals surface area contributed by atoms with Crippen molar-refractivity contribution in [2.24, 2.45) is 10.9 Å². The van der Waals surface area contributed by atoms with Gasteiger partial charge in [0.1, 0.15) is 0 Å². The van der Waals surface area contributed by atoms with E-state index < -0.39 is 0 Å². The average molecular weight is 280 g/mol. The molecular formula is C14H24N4S. The van der Waals surface area contributed by atoms with Crippen molar-refractivity contribution in [3.8, 4) is 0 Å². The maximum atomic E-state index is 4.27. The molecule has 0 bridgehead atoms. The standard InChI is InChI=1S/C14H24N4S/c1-15-14(16-6-9-18-7-2-3-8-18)17-12-13-4-10-19-11-5-13/h2-3,7-8,13H,4-6,9-12H2,1H3,(H2,15,16,17). The van der Waals surface area contributed by atoms with Gasteiger partial charge in [-0.3, -0.25) is 4.99 Å². The number of guanidine groups is 1. The molecule has 2 rings (SSSR count). The van der Waals surface area contributed by atoms with Crippen molar-refractivity contribution < 1.29 is 0 Å². The van der Waals surface area contributed by atoms with Gasteiger partial charge >= 0.3 is 0 Å². The predicted molar refractivity (Wildman–Crippen MR) is 83.8 cm³/mol. The Morgan fingerprint density at radius 2 is 2.00 bits per heavy atom. The summed E-state index contributed by atoms with van der Waals surface area (Å²) in [7, 11) is 1.84. The van der Waals surface area contributed by atoms with E-state index in [-0.39, 0.29) is 0 Å². The van der Waals surface area contributed by atoms with Crippen molar-refractivity contribution in [1.82, 2.24) is 15.2 Å². The van der Waals surface area contributed by atoms with E-state index in [4.69, 9.17) is 0 Å². The number of nitrogens with zero attached hydrogens (tertiary/aromatic N) is 2. The minimum absolute atomic E-state index is 0.809. The van der Waals surface area contributed by atoms with E-state index in [9.17, 15) is 0 Å². The first-order valence-electron chi connectivity index (χ1n) is 7.01. The minimum atomic E-state index is 0.809. The van der Waals surface area contributed by atoms with Crippen molar-refractivity contribution >= 4 is 17.7 Å². The molecule has 2 heterocycles. The Hall–Kier alpha value is -1.10. The van der Waals surface area contributed by atoms with Gasteiger partial charge in [-0.05, 0) is 42.4 Å². The third-order valence-electron chi connectivity index (χ3n) is 3.45. The molecular weight excluding hydrogens is 256 g/mol. The zero-order valence-corrected chi connectivity index (χ0v) is 12.5. The Kier molecular flexibility index (Phi) is 6.14. The normalized spacial score (nSPS) is 17.4. The maximum absolute atomic E-state index is 4.27. The summed E-state index contributed by atoms with van der Waals surface area (Å²) >= 11 is 2.07. The third-order valence-corrected chi connectivity index (χ3v) is 4.50. The zero-order valence-electron chi connectivity index (χ0n) is 11.6. The van der Waals surface area contributed by atoms with Crippen LogP contribution in [0, 0.1) is 5.92 Å². The molecule has 1 aliphatic heterocycles. The van der Waals surface area contributed by atoms with Gasteiger partial charge in [-0.25, -0.2) is 0 Å². The second-order valence-electron chi connectivity index (χ2n) is 4.86. The molecule has 0 aromatic carbocycles. The molecule has 1 aromatic rings. The lowest BCUT2D eigenvalue weighted by Gasteiger charge is -2.22. The highest BCUT2D eigenvalue weighted by Crippen LogP contribution is 2.21. The lowest BCUT2D eigenvalue weighted by atomic mass is 10.0. The first-order chi connectivity index (χ1) is 9.38. The van der Waals surface area contributed by atoms with Crippen LogP contribution in [0.3, 0.4) is 0 Å². The molecule has 106 valence electrons. The fraction of sp³-hybridized carbons (Fsp3) is 0.643. The van der Waals surface area contributed by atoms with Gasteiger partial charge < -0.3 is 15.2 Å². The fourth-order valence-corrected chi connectivity index (χ4v) is 3.44. The first-order valence-corrected chi connectivity index (χ1v) is 8.17. The van der Waals surface area contributed by atoms with Crippen LogP contribution in [0.15, 0.2) is 29.5 Å². The van der Waals surface area contributed by atoms with E-state index in [1.165, 1.54) is 24.3 Å². The van der Waals surface area contributed by atoms with Gasteiger partial charge in [-0.2, -0.15) is 11.8 Å². The van der Waals surface area contributed by atoms with Gasteiger partial charge in [0.2, 0.25) is 0 Å². The Bertz CT molecular complexity index is 369. The molecule has 1 saturated heterocycles. The number of aromatic nitrogens is 1. The smallest absolute Gasteiger partial charge is 0.191 e. The van der Waals surface area contributed by atoms with Gasteiger partial charge in [0.15, 0.2) is 5.96 Å². The molecule has 19 heavy (non-hydrogen) atoms. The molecule has 1 aromatic heterocycles. The summed E-state index contributed by atoms with van der Waals surface area (Å²) in [5, 5.41) is 6.80. The quantitative estimate of drug-likeness (QED) is 0.638. The van der Waals surface area contributed by atoms with E-state index in [0.29, 0.717) is 0 Å². The molecule has 1 fully saturated rings. The molecule has 0 saturated carbocycles. The maximum Gasteiger partial charge on any atom is 0.191 e. The topological polar surface area (TPSA) is 41.4 Å². The highest BCUT2D eigenvalue weighted by molar-refractivity contribution is 7.99. The molecule has 0 amide bonds. The summed E-state index contributed by atoms with van der Waals surface area (Å²) in [5.41, 5.74) is 0. The Labute approximate surface area is 120 Å². The molecule has 5 heteroatoms. The van der Waals surface area contributed by atoms with Crippen molar-refractivity contribution in [2.75, 3.05) is 31.6 Å². The Morgan fingerprint density at radius 1 is 1.26 bits per heavy atom. The van der Waals surface area contributed by atoms with E-state index in [1.807, 2.05) is 19.2 Å². The highest BCUT2D eigenvalue weighted by Gasteiger charge is 2.13. The Balaban J connectivity index is 1.62. The largest absolute Gasteiger partial charge is 0.356 e. The number of aliphatic imine (C=N–C) groups is 1. The van der Waals surface area contributed by atoms with E-state index >= 15 is 0 Å². The van der Waals surface area contributed by atoms with Gasteiger partial charge in [0.05, 0.1) is 0 Å². The highest BCUT2D eigenvalue weighted by atomic mass is 32.2. The number of rotatable bonds is 5. The number of thioether (sulfide) groups is 1. The van der Waals surface area contributed by atoms with Crippen LogP contribution in [-0.2, 0) is 6.54 Å². The first kappa shape index (κ1) is 14.3. The average Bonchev–Trinajstić information content (AvgIpc) is 2.97. The van der Waals surface area contributed by atoms with Crippen LogP contribution in [-0.4, -0.2) is 42.2 Å². The SMILES string of the molecule is CN=C(NCCn1cccc1)NCC1CCSCC1. The van der Waals surface area contributed by atoms with E-state index in [0.717, 1.165) is 31.5 Å². The monoisotopic (exact) mass is 280 g/mol. The molecule has 0 radical (unpaired) electrons. The summed E-state index contributed by atoms with van der Waals surface area (Å²) in [6.45, 7) is 2.91. The van der Waals surface area contributed by atoms with Crippen LogP contribution in [0.2, 0.25) is 0 Å². The summed E-state index contributed by atoms with van der Waals surface area (Å²) in [5.74, 6) is 4.35. The molecule has 0 aliphatic carbocycles. The van der Waals surface area contributed by atoms with Crippen molar-refractivity contribution in [2.45, 2.75) is 19.4 Å². The van der Waals surface area contributed by atoms with Gasteiger partial charge in [-0.1, -0.05) is 0 Å². The van der Waals surface area contributed by atoms with Gasteiger partial charge in [0.25, 0.3) is 0 Å². The van der Waals surface area contributed by atoms with Crippen molar-refractivity contribution in [1.29, 1.82) is 0 Å². The van der Waals surface area contributed by atoms with Crippen molar-refractivity contribution in [3.63, 3.8) is 0 Å². The molecule has 2 N–H and O–H groups in total. The summed E-state index contributed by atoms with van der Waals surface area (Å²) in [6, 6.07) is 4.10. The lowest BCUT2D eigenvalue weighted by Crippen LogP contribution is -2.41. The fourth-order valence-electron chi connectivity index (χ4n) is 2.23. The van der Waals surface area contributed by atoms with E-state index in [1.54, 1.807) is 0 Å². The third kappa shape index (κ3) is 5.19. The molecule has 4 nitrogen and oxygen atoms in total. The zero-order chi connectivity index (χ0) is 13.3. The van der Waals surface area contributed by atoms with Crippen LogP contribution in [0.1, 0.15) is 12.8 Å². The summed E-state index contributed by atoms with van der Waals surface area (Å²) in [6.07, 6.45) is 6.82. The van der Waals surface area contributed by atoms with Gasteiger partial charge in [-0.15, -0.1) is 0 Å². The van der Waals surface area contributed by atoms with Crippen LogP contribution in [0.25, 0.3) is 0 Å². The van der Waals surface area contributed by atoms with Crippen LogP contribution >= 0.6 is 11.8 Å².